The van der Waals surface area contributed by atoms with Crippen LogP contribution >= 0.6 is 27.3 Å². The fourth-order valence-corrected chi connectivity index (χ4v) is 2.89. The van der Waals surface area contributed by atoms with Crippen LogP contribution < -0.4 is 4.74 Å². The predicted molar refractivity (Wildman–Crippen MR) is 79.5 cm³/mol. The summed E-state index contributed by atoms with van der Waals surface area (Å²) < 4.78 is 6.77. The minimum atomic E-state index is -0.975. The number of aliphatic carboxylic acids is 1. The van der Waals surface area contributed by atoms with Gasteiger partial charge >= 0.3 is 5.97 Å². The highest BCUT2D eigenvalue weighted by Gasteiger charge is 2.03. The van der Waals surface area contributed by atoms with Gasteiger partial charge in [-0.05, 0) is 40.2 Å². The minimum absolute atomic E-state index is 0.466. The zero-order valence-electron chi connectivity index (χ0n) is 9.88. The lowest BCUT2D eigenvalue weighted by atomic mass is 10.2. The van der Waals surface area contributed by atoms with E-state index in [0.717, 1.165) is 20.3 Å². The van der Waals surface area contributed by atoms with Gasteiger partial charge in [-0.25, -0.2) is 4.79 Å². The molecule has 1 heterocycles. The average molecular weight is 339 g/mol. The molecule has 1 N–H and O–H groups in total. The Balaban J connectivity index is 2.09. The lowest BCUT2D eigenvalue weighted by Gasteiger charge is -2.07. The van der Waals surface area contributed by atoms with Crippen molar-refractivity contribution in [1.29, 1.82) is 0 Å². The maximum Gasteiger partial charge on any atom is 0.328 e. The van der Waals surface area contributed by atoms with Gasteiger partial charge in [0.2, 0.25) is 0 Å². The maximum absolute atomic E-state index is 10.5. The molecule has 1 aromatic heterocycles. The third kappa shape index (κ3) is 4.22. The smallest absolute Gasteiger partial charge is 0.328 e. The number of carbonyl (C=O) groups is 1. The summed E-state index contributed by atoms with van der Waals surface area (Å²) in [6.07, 6.45) is 2.63. The van der Waals surface area contributed by atoms with Gasteiger partial charge < -0.3 is 9.84 Å². The third-order valence-electron chi connectivity index (χ3n) is 2.32. The summed E-state index contributed by atoms with van der Waals surface area (Å²) in [5.41, 5.74) is 0.750. The van der Waals surface area contributed by atoms with E-state index in [0.29, 0.717) is 12.4 Å². The van der Waals surface area contributed by atoms with E-state index in [1.54, 1.807) is 11.3 Å². The molecule has 0 saturated heterocycles. The summed E-state index contributed by atoms with van der Waals surface area (Å²) in [5, 5.41) is 8.65. The first-order valence-electron chi connectivity index (χ1n) is 5.52. The standard InChI is InChI=1S/C14H11BrO3S/c15-13-7-6-11(19-13)9-18-12-4-2-1-3-10(12)5-8-14(16)17/h1-8H,9H2,(H,16,17)/b8-5+. The lowest BCUT2D eigenvalue weighted by molar-refractivity contribution is -0.131. The van der Waals surface area contributed by atoms with E-state index in [1.807, 2.05) is 36.4 Å². The summed E-state index contributed by atoms with van der Waals surface area (Å²) in [6, 6.07) is 11.3. The first kappa shape index (κ1) is 13.8. The zero-order chi connectivity index (χ0) is 13.7. The molecule has 0 radical (unpaired) electrons. The SMILES string of the molecule is O=C(O)/C=C/c1ccccc1OCc1ccc(Br)s1. The lowest BCUT2D eigenvalue weighted by Crippen LogP contribution is -1.95. The van der Waals surface area contributed by atoms with E-state index in [9.17, 15) is 4.79 Å². The van der Waals surface area contributed by atoms with Crippen molar-refractivity contribution in [2.24, 2.45) is 0 Å². The van der Waals surface area contributed by atoms with Crippen LogP contribution in [0.2, 0.25) is 0 Å². The number of ether oxygens (including phenoxy) is 1. The molecule has 2 aromatic rings. The van der Waals surface area contributed by atoms with Crippen molar-refractivity contribution in [3.05, 3.63) is 56.7 Å². The average Bonchev–Trinajstić information content (AvgIpc) is 2.80. The monoisotopic (exact) mass is 338 g/mol. The molecule has 3 nitrogen and oxygen atoms in total. The van der Waals surface area contributed by atoms with E-state index in [2.05, 4.69) is 15.9 Å². The van der Waals surface area contributed by atoms with Crippen LogP contribution in [-0.4, -0.2) is 11.1 Å². The number of hydrogen-bond acceptors (Lipinski definition) is 3. The molecule has 0 saturated carbocycles. The number of carboxylic acid groups (broad SMARTS) is 1. The second-order valence-corrected chi connectivity index (χ2v) is 6.25. The van der Waals surface area contributed by atoms with Crippen LogP contribution in [0.15, 0.2) is 46.3 Å². The molecule has 0 spiro atoms. The molecule has 0 fully saturated rings. The molecule has 5 heteroatoms. The zero-order valence-corrected chi connectivity index (χ0v) is 12.3. The van der Waals surface area contributed by atoms with Crippen LogP contribution in [0.1, 0.15) is 10.4 Å². The Kier molecular flexibility index (Phi) is 4.76. The van der Waals surface area contributed by atoms with Crippen molar-refractivity contribution in [1.82, 2.24) is 0 Å². The molecule has 2 rings (SSSR count). The molecular formula is C14H11BrO3S. The highest BCUT2D eigenvalue weighted by Crippen LogP contribution is 2.25. The first-order chi connectivity index (χ1) is 9.15. The fourth-order valence-electron chi connectivity index (χ4n) is 1.49. The molecule has 0 aliphatic carbocycles. The minimum Gasteiger partial charge on any atom is -0.487 e. The van der Waals surface area contributed by atoms with Crippen molar-refractivity contribution in [3.8, 4) is 5.75 Å². The Morgan fingerprint density at radius 2 is 2.11 bits per heavy atom. The van der Waals surface area contributed by atoms with Gasteiger partial charge in [-0.1, -0.05) is 18.2 Å². The van der Waals surface area contributed by atoms with Crippen molar-refractivity contribution in [3.63, 3.8) is 0 Å². The second kappa shape index (κ2) is 6.54. The molecule has 0 amide bonds. The Hall–Kier alpha value is -1.59. The van der Waals surface area contributed by atoms with Crippen LogP contribution in [0.3, 0.4) is 0 Å². The van der Waals surface area contributed by atoms with Crippen LogP contribution in [0, 0.1) is 0 Å². The van der Waals surface area contributed by atoms with Crippen molar-refractivity contribution < 1.29 is 14.6 Å². The molecule has 19 heavy (non-hydrogen) atoms. The highest BCUT2D eigenvalue weighted by atomic mass is 79.9. The van der Waals surface area contributed by atoms with Gasteiger partial charge in [0.1, 0.15) is 12.4 Å². The van der Waals surface area contributed by atoms with E-state index < -0.39 is 5.97 Å². The number of para-hydroxylation sites is 1. The molecule has 1 aromatic carbocycles. The third-order valence-corrected chi connectivity index (χ3v) is 3.92. The molecular weight excluding hydrogens is 328 g/mol. The maximum atomic E-state index is 10.5. The molecule has 98 valence electrons. The van der Waals surface area contributed by atoms with Crippen molar-refractivity contribution in [2.75, 3.05) is 0 Å². The van der Waals surface area contributed by atoms with Gasteiger partial charge in [0, 0.05) is 16.5 Å². The van der Waals surface area contributed by atoms with Crippen molar-refractivity contribution >= 4 is 39.3 Å². The molecule has 0 atom stereocenters. The summed E-state index contributed by atoms with van der Waals surface area (Å²) in [5.74, 6) is -0.304. The van der Waals surface area contributed by atoms with Gasteiger partial charge in [0.05, 0.1) is 3.79 Å². The van der Waals surface area contributed by atoms with E-state index >= 15 is 0 Å². The molecule has 0 aliphatic heterocycles. The van der Waals surface area contributed by atoms with Crippen LogP contribution in [-0.2, 0) is 11.4 Å². The summed E-state index contributed by atoms with van der Waals surface area (Å²) in [6.45, 7) is 0.466. The van der Waals surface area contributed by atoms with Gasteiger partial charge in [-0.2, -0.15) is 0 Å². The van der Waals surface area contributed by atoms with Crippen LogP contribution in [0.4, 0.5) is 0 Å². The topological polar surface area (TPSA) is 46.5 Å². The van der Waals surface area contributed by atoms with Gasteiger partial charge in [-0.3, -0.25) is 0 Å². The number of benzene rings is 1. The number of carboxylic acids is 1. The highest BCUT2D eigenvalue weighted by molar-refractivity contribution is 9.11. The fraction of sp³-hybridized carbons (Fsp3) is 0.0714. The van der Waals surface area contributed by atoms with E-state index in [-0.39, 0.29) is 0 Å². The molecule has 0 aliphatic rings. The summed E-state index contributed by atoms with van der Waals surface area (Å²) in [7, 11) is 0. The summed E-state index contributed by atoms with van der Waals surface area (Å²) >= 11 is 5.01. The van der Waals surface area contributed by atoms with Crippen LogP contribution in [0.5, 0.6) is 5.75 Å². The Labute approximate surface area is 123 Å². The van der Waals surface area contributed by atoms with Gasteiger partial charge in [0.25, 0.3) is 0 Å². The number of halogens is 1. The number of hydrogen-bond donors (Lipinski definition) is 1. The van der Waals surface area contributed by atoms with Gasteiger partial charge in [-0.15, -0.1) is 11.3 Å². The van der Waals surface area contributed by atoms with E-state index in [1.165, 1.54) is 6.08 Å². The largest absolute Gasteiger partial charge is 0.487 e. The first-order valence-corrected chi connectivity index (χ1v) is 7.13. The quantitative estimate of drug-likeness (QED) is 0.831. The summed E-state index contributed by atoms with van der Waals surface area (Å²) in [4.78, 5) is 11.6. The number of rotatable bonds is 5. The van der Waals surface area contributed by atoms with E-state index in [4.69, 9.17) is 9.84 Å². The Morgan fingerprint density at radius 1 is 1.32 bits per heavy atom. The second-order valence-electron chi connectivity index (χ2n) is 3.70. The molecule has 0 unspecified atom stereocenters. The molecule has 0 bridgehead atoms. The van der Waals surface area contributed by atoms with Gasteiger partial charge in [0.15, 0.2) is 0 Å². The Bertz CT molecular complexity index is 604. The number of thiophene rings is 1. The Morgan fingerprint density at radius 3 is 2.79 bits per heavy atom. The predicted octanol–water partition coefficient (Wildman–Crippen LogP) is 4.19. The van der Waals surface area contributed by atoms with Crippen LogP contribution in [0.25, 0.3) is 6.08 Å². The normalized spacial score (nSPS) is 10.8. The van der Waals surface area contributed by atoms with Crippen molar-refractivity contribution in [2.45, 2.75) is 6.61 Å².